The lowest BCUT2D eigenvalue weighted by atomic mass is 9.99. The van der Waals surface area contributed by atoms with E-state index in [2.05, 4.69) is 27.3 Å². The van der Waals surface area contributed by atoms with E-state index in [0.29, 0.717) is 24.8 Å². The van der Waals surface area contributed by atoms with Gasteiger partial charge in [0.15, 0.2) is 5.82 Å². The van der Waals surface area contributed by atoms with Gasteiger partial charge in [0.1, 0.15) is 5.82 Å². The summed E-state index contributed by atoms with van der Waals surface area (Å²) >= 11 is 0. The number of amides is 1. The standard InChI is InChI=1S/C16H18N4O/c21-15-8-13(11-4-2-1-3-5-11)9-20(15)10-14-17-16(19-18-14)12-6-7-12/h1-5,12-13H,6-10H2,(H,17,18,19)/t13-/m1/s1. The lowest BCUT2D eigenvalue weighted by Crippen LogP contribution is -2.25. The summed E-state index contributed by atoms with van der Waals surface area (Å²) in [6.45, 7) is 1.31. The second kappa shape index (κ2) is 4.98. The van der Waals surface area contributed by atoms with Crippen LogP contribution in [0.25, 0.3) is 0 Å². The first-order chi connectivity index (χ1) is 10.3. The average molecular weight is 282 g/mol. The molecule has 5 heteroatoms. The van der Waals surface area contributed by atoms with Gasteiger partial charge in [0, 0.05) is 24.8 Å². The molecule has 2 fully saturated rings. The fourth-order valence-corrected chi connectivity index (χ4v) is 2.96. The highest BCUT2D eigenvalue weighted by atomic mass is 16.2. The summed E-state index contributed by atoms with van der Waals surface area (Å²) in [5.74, 6) is 2.76. The highest BCUT2D eigenvalue weighted by Gasteiger charge is 2.32. The minimum absolute atomic E-state index is 0.202. The second-order valence-electron chi connectivity index (χ2n) is 6.00. The lowest BCUT2D eigenvalue weighted by molar-refractivity contribution is -0.128. The first kappa shape index (κ1) is 12.6. The van der Waals surface area contributed by atoms with E-state index in [0.717, 1.165) is 18.2 Å². The third kappa shape index (κ3) is 2.55. The van der Waals surface area contributed by atoms with Gasteiger partial charge < -0.3 is 4.90 Å². The van der Waals surface area contributed by atoms with E-state index in [1.165, 1.54) is 18.4 Å². The Morgan fingerprint density at radius 1 is 1.19 bits per heavy atom. The first-order valence-electron chi connectivity index (χ1n) is 7.53. The van der Waals surface area contributed by atoms with Crippen molar-refractivity contribution in [3.05, 3.63) is 47.5 Å². The van der Waals surface area contributed by atoms with Crippen molar-refractivity contribution in [3.8, 4) is 0 Å². The maximum absolute atomic E-state index is 12.2. The summed E-state index contributed by atoms with van der Waals surface area (Å²) in [5, 5.41) is 7.22. The van der Waals surface area contributed by atoms with Crippen LogP contribution in [-0.4, -0.2) is 32.5 Å². The smallest absolute Gasteiger partial charge is 0.223 e. The average Bonchev–Trinajstić information content (AvgIpc) is 3.16. The number of hydrogen-bond donors (Lipinski definition) is 1. The predicted molar refractivity (Wildman–Crippen MR) is 77.6 cm³/mol. The van der Waals surface area contributed by atoms with Gasteiger partial charge in [-0.15, -0.1) is 0 Å². The van der Waals surface area contributed by atoms with Crippen molar-refractivity contribution < 1.29 is 4.79 Å². The van der Waals surface area contributed by atoms with Crippen molar-refractivity contribution in [2.75, 3.05) is 6.54 Å². The normalized spacial score (nSPS) is 22.0. The highest BCUT2D eigenvalue weighted by molar-refractivity contribution is 5.79. The van der Waals surface area contributed by atoms with Crippen LogP contribution in [0.5, 0.6) is 0 Å². The number of carbonyl (C=O) groups is 1. The van der Waals surface area contributed by atoms with Gasteiger partial charge in [-0.3, -0.25) is 9.89 Å². The molecular formula is C16H18N4O. The van der Waals surface area contributed by atoms with Crippen LogP contribution in [0.4, 0.5) is 0 Å². The molecule has 1 atom stereocenters. The number of carbonyl (C=O) groups excluding carboxylic acids is 1. The molecule has 0 bridgehead atoms. The monoisotopic (exact) mass is 282 g/mol. The van der Waals surface area contributed by atoms with Crippen LogP contribution < -0.4 is 0 Å². The van der Waals surface area contributed by atoms with Crippen LogP contribution in [-0.2, 0) is 11.3 Å². The molecule has 1 N–H and O–H groups in total. The molecule has 1 aliphatic carbocycles. The molecule has 0 unspecified atom stereocenters. The Morgan fingerprint density at radius 2 is 2.00 bits per heavy atom. The van der Waals surface area contributed by atoms with E-state index >= 15 is 0 Å². The largest absolute Gasteiger partial charge is 0.335 e. The van der Waals surface area contributed by atoms with Crippen molar-refractivity contribution in [1.29, 1.82) is 0 Å². The van der Waals surface area contributed by atoms with Crippen LogP contribution in [0.3, 0.4) is 0 Å². The SMILES string of the molecule is O=C1C[C@@H](c2ccccc2)CN1Cc1nc(C2CC2)n[nH]1. The lowest BCUT2D eigenvalue weighted by Gasteiger charge is -2.14. The molecule has 1 saturated carbocycles. The molecule has 4 rings (SSSR count). The summed E-state index contributed by atoms with van der Waals surface area (Å²) in [5.41, 5.74) is 1.24. The molecule has 0 spiro atoms. The number of likely N-dealkylation sites (tertiary alicyclic amines) is 1. The molecular weight excluding hydrogens is 264 g/mol. The van der Waals surface area contributed by atoms with Crippen molar-refractivity contribution in [3.63, 3.8) is 0 Å². The molecule has 2 heterocycles. The molecule has 21 heavy (non-hydrogen) atoms. The zero-order valence-corrected chi connectivity index (χ0v) is 11.8. The molecule has 1 amide bonds. The fourth-order valence-electron chi connectivity index (χ4n) is 2.96. The molecule has 5 nitrogen and oxygen atoms in total. The minimum Gasteiger partial charge on any atom is -0.335 e. The fraction of sp³-hybridized carbons (Fsp3) is 0.438. The van der Waals surface area contributed by atoms with E-state index in [1.807, 2.05) is 23.1 Å². The second-order valence-corrected chi connectivity index (χ2v) is 6.00. The minimum atomic E-state index is 0.202. The van der Waals surface area contributed by atoms with E-state index < -0.39 is 0 Å². The molecule has 2 aliphatic rings. The number of nitrogens with one attached hydrogen (secondary N) is 1. The number of aromatic nitrogens is 3. The molecule has 1 aromatic carbocycles. The number of nitrogens with zero attached hydrogens (tertiary/aromatic N) is 3. The molecule has 1 aliphatic heterocycles. The first-order valence-corrected chi connectivity index (χ1v) is 7.53. The van der Waals surface area contributed by atoms with Gasteiger partial charge in [0.05, 0.1) is 6.54 Å². The molecule has 1 aromatic heterocycles. The van der Waals surface area contributed by atoms with Gasteiger partial charge in [0.2, 0.25) is 5.91 Å². The summed E-state index contributed by atoms with van der Waals surface area (Å²) in [6.07, 6.45) is 2.97. The Bertz CT molecular complexity index is 647. The maximum Gasteiger partial charge on any atom is 0.223 e. The Morgan fingerprint density at radius 3 is 2.76 bits per heavy atom. The third-order valence-corrected chi connectivity index (χ3v) is 4.32. The zero-order chi connectivity index (χ0) is 14.2. The third-order valence-electron chi connectivity index (χ3n) is 4.32. The van der Waals surface area contributed by atoms with Gasteiger partial charge in [-0.2, -0.15) is 5.10 Å². The Labute approximate surface area is 123 Å². The van der Waals surface area contributed by atoms with Crippen LogP contribution >= 0.6 is 0 Å². The van der Waals surface area contributed by atoms with Crippen LogP contribution in [0, 0.1) is 0 Å². The van der Waals surface area contributed by atoms with Gasteiger partial charge >= 0.3 is 0 Å². The van der Waals surface area contributed by atoms with Crippen molar-refractivity contribution in [1.82, 2.24) is 20.1 Å². The van der Waals surface area contributed by atoms with Crippen molar-refractivity contribution in [2.45, 2.75) is 37.6 Å². The summed E-state index contributed by atoms with van der Waals surface area (Å²) < 4.78 is 0. The maximum atomic E-state index is 12.2. The Hall–Kier alpha value is -2.17. The summed E-state index contributed by atoms with van der Waals surface area (Å²) in [7, 11) is 0. The molecule has 1 saturated heterocycles. The topological polar surface area (TPSA) is 61.9 Å². The Kier molecular flexibility index (Phi) is 2.98. The van der Waals surface area contributed by atoms with E-state index in [4.69, 9.17) is 0 Å². The van der Waals surface area contributed by atoms with Crippen LogP contribution in [0.1, 0.15) is 48.3 Å². The summed E-state index contributed by atoms with van der Waals surface area (Å²) in [4.78, 5) is 18.6. The molecule has 0 radical (unpaired) electrons. The predicted octanol–water partition coefficient (Wildman–Crippen LogP) is 2.20. The van der Waals surface area contributed by atoms with Crippen molar-refractivity contribution >= 4 is 5.91 Å². The number of hydrogen-bond acceptors (Lipinski definition) is 3. The van der Waals surface area contributed by atoms with E-state index in [1.54, 1.807) is 0 Å². The number of H-pyrrole nitrogens is 1. The summed E-state index contributed by atoms with van der Waals surface area (Å²) in [6, 6.07) is 10.3. The quantitative estimate of drug-likeness (QED) is 0.935. The Balaban J connectivity index is 1.44. The number of aromatic amines is 1. The van der Waals surface area contributed by atoms with Gasteiger partial charge in [-0.05, 0) is 18.4 Å². The van der Waals surface area contributed by atoms with Gasteiger partial charge in [-0.25, -0.2) is 4.98 Å². The molecule has 2 aromatic rings. The van der Waals surface area contributed by atoms with E-state index in [9.17, 15) is 4.79 Å². The number of rotatable bonds is 4. The zero-order valence-electron chi connectivity index (χ0n) is 11.8. The molecule has 108 valence electrons. The van der Waals surface area contributed by atoms with E-state index in [-0.39, 0.29) is 5.91 Å². The van der Waals surface area contributed by atoms with Crippen molar-refractivity contribution in [2.24, 2.45) is 0 Å². The highest BCUT2D eigenvalue weighted by Crippen LogP contribution is 2.38. The van der Waals surface area contributed by atoms with Crippen LogP contribution in [0.2, 0.25) is 0 Å². The van der Waals surface area contributed by atoms with Gasteiger partial charge in [-0.1, -0.05) is 30.3 Å². The van der Waals surface area contributed by atoms with Crippen LogP contribution in [0.15, 0.2) is 30.3 Å². The number of benzene rings is 1. The van der Waals surface area contributed by atoms with Gasteiger partial charge in [0.25, 0.3) is 0 Å².